The fourth-order valence-electron chi connectivity index (χ4n) is 4.50. The van der Waals surface area contributed by atoms with Crippen LogP contribution in [-0.4, -0.2) is 47.7 Å². The van der Waals surface area contributed by atoms with Gasteiger partial charge in [-0.2, -0.15) is 0 Å². The van der Waals surface area contributed by atoms with Crippen LogP contribution >= 0.6 is 0 Å². The second-order valence-electron chi connectivity index (χ2n) is 9.78. The summed E-state index contributed by atoms with van der Waals surface area (Å²) >= 11 is 0. The summed E-state index contributed by atoms with van der Waals surface area (Å²) in [6.07, 6.45) is -0.215. The average Bonchev–Trinajstić information content (AvgIpc) is 3.00. The molecule has 8 heteroatoms. The molecule has 42 heavy (non-hydrogen) atoms. The monoisotopic (exact) mass is 573 g/mol. The Labute approximate surface area is 244 Å². The Kier molecular flexibility index (Phi) is 10.8. The summed E-state index contributed by atoms with van der Waals surface area (Å²) in [6, 6.07) is 28.1. The molecule has 0 saturated heterocycles. The fourth-order valence-corrected chi connectivity index (χ4v) is 4.50. The van der Waals surface area contributed by atoms with E-state index in [0.29, 0.717) is 18.7 Å². The van der Waals surface area contributed by atoms with Crippen LogP contribution < -0.4 is 4.74 Å². The van der Waals surface area contributed by atoms with Crippen molar-refractivity contribution in [1.29, 1.82) is 0 Å². The number of halogens is 2. The van der Waals surface area contributed by atoms with E-state index in [1.54, 1.807) is 31.2 Å². The Morgan fingerprint density at radius 3 is 2.17 bits per heavy atom. The number of rotatable bonds is 14. The maximum atomic E-state index is 14.5. The first kappa shape index (κ1) is 30.4. The molecule has 0 aliphatic carbocycles. The van der Waals surface area contributed by atoms with Crippen LogP contribution in [0.4, 0.5) is 8.78 Å². The third kappa shape index (κ3) is 8.72. The van der Waals surface area contributed by atoms with E-state index >= 15 is 0 Å². The summed E-state index contributed by atoms with van der Waals surface area (Å²) in [4.78, 5) is 26.1. The molecule has 1 atom stereocenters. The molecule has 0 bridgehead atoms. The molecule has 0 aliphatic heterocycles. The van der Waals surface area contributed by atoms with Crippen molar-refractivity contribution in [2.75, 3.05) is 19.8 Å². The van der Waals surface area contributed by atoms with Crippen molar-refractivity contribution >= 4 is 11.9 Å². The minimum Gasteiger partial charge on any atom is -0.484 e. The van der Waals surface area contributed by atoms with Gasteiger partial charge in [0, 0.05) is 37.7 Å². The lowest BCUT2D eigenvalue weighted by Crippen LogP contribution is -2.36. The third-order valence-corrected chi connectivity index (χ3v) is 6.81. The van der Waals surface area contributed by atoms with Gasteiger partial charge in [0.05, 0.1) is 0 Å². The molecule has 4 aromatic rings. The van der Waals surface area contributed by atoms with Gasteiger partial charge in [0.2, 0.25) is 0 Å². The number of carboxylic acids is 1. The van der Waals surface area contributed by atoms with Crippen molar-refractivity contribution in [2.45, 2.75) is 32.4 Å². The number of carbonyl (C=O) groups excluding carboxylic acids is 1. The summed E-state index contributed by atoms with van der Waals surface area (Å²) in [7, 11) is 0. The Balaban J connectivity index is 1.40. The van der Waals surface area contributed by atoms with E-state index in [0.717, 1.165) is 28.3 Å². The van der Waals surface area contributed by atoms with Crippen LogP contribution in [-0.2, 0) is 33.7 Å². The second-order valence-corrected chi connectivity index (χ2v) is 9.78. The first-order chi connectivity index (χ1) is 20.3. The van der Waals surface area contributed by atoms with Crippen LogP contribution in [0.25, 0.3) is 11.1 Å². The molecule has 0 heterocycles. The van der Waals surface area contributed by atoms with Gasteiger partial charge < -0.3 is 19.5 Å². The second kappa shape index (κ2) is 14.9. The molecule has 4 rings (SSSR count). The van der Waals surface area contributed by atoms with Gasteiger partial charge in [-0.15, -0.1) is 0 Å². The van der Waals surface area contributed by atoms with E-state index in [9.17, 15) is 23.5 Å². The molecule has 0 unspecified atom stereocenters. The van der Waals surface area contributed by atoms with Crippen molar-refractivity contribution in [3.8, 4) is 16.9 Å². The maximum absolute atomic E-state index is 14.5. The van der Waals surface area contributed by atoms with Gasteiger partial charge in [0.15, 0.2) is 12.7 Å². The van der Waals surface area contributed by atoms with Crippen molar-refractivity contribution in [1.82, 2.24) is 4.90 Å². The van der Waals surface area contributed by atoms with E-state index in [2.05, 4.69) is 0 Å². The third-order valence-electron chi connectivity index (χ3n) is 6.81. The van der Waals surface area contributed by atoms with Crippen LogP contribution in [0, 0.1) is 11.6 Å². The molecular weight excluding hydrogens is 540 g/mol. The van der Waals surface area contributed by atoms with Gasteiger partial charge in [-0.05, 0) is 53.8 Å². The van der Waals surface area contributed by atoms with Gasteiger partial charge in [-0.1, -0.05) is 72.8 Å². The number of benzene rings is 4. The van der Waals surface area contributed by atoms with Crippen LogP contribution in [0.5, 0.6) is 5.75 Å². The van der Waals surface area contributed by atoms with Crippen molar-refractivity contribution in [3.05, 3.63) is 125 Å². The lowest BCUT2D eigenvalue weighted by atomic mass is 10.0. The molecule has 0 spiro atoms. The quantitative estimate of drug-likeness (QED) is 0.191. The maximum Gasteiger partial charge on any atom is 0.333 e. The molecule has 1 N–H and O–H groups in total. The highest BCUT2D eigenvalue weighted by Gasteiger charge is 2.19. The van der Waals surface area contributed by atoms with Gasteiger partial charge >= 0.3 is 5.97 Å². The zero-order valence-corrected chi connectivity index (χ0v) is 23.3. The first-order valence-corrected chi connectivity index (χ1v) is 13.7. The molecule has 0 saturated carbocycles. The van der Waals surface area contributed by atoms with E-state index in [4.69, 9.17) is 9.47 Å². The van der Waals surface area contributed by atoms with E-state index in [1.165, 1.54) is 17.0 Å². The van der Waals surface area contributed by atoms with Crippen molar-refractivity contribution < 1.29 is 33.0 Å². The Morgan fingerprint density at radius 1 is 0.857 bits per heavy atom. The van der Waals surface area contributed by atoms with E-state index < -0.39 is 23.7 Å². The normalized spacial score (nSPS) is 11.6. The van der Waals surface area contributed by atoms with Crippen LogP contribution in [0.2, 0.25) is 0 Å². The number of ether oxygens (including phenoxy) is 2. The lowest BCUT2D eigenvalue weighted by molar-refractivity contribution is -0.150. The van der Waals surface area contributed by atoms with Crippen LogP contribution in [0.3, 0.4) is 0 Å². The molecular formula is C34H33F2NO5. The Morgan fingerprint density at radius 2 is 1.52 bits per heavy atom. The molecule has 218 valence electrons. The highest BCUT2D eigenvalue weighted by molar-refractivity contribution is 5.78. The highest BCUT2D eigenvalue weighted by Crippen LogP contribution is 2.20. The summed E-state index contributed by atoms with van der Waals surface area (Å²) in [5, 5.41) is 9.30. The largest absolute Gasteiger partial charge is 0.484 e. The van der Waals surface area contributed by atoms with E-state index in [-0.39, 0.29) is 37.6 Å². The standard InChI is InChI=1S/C34H33F2NO5/c1-2-41-32(34(39)40)20-25-10-16-30(17-11-25)42-23-33(38)37(22-28-14-15-29(35)21-31(28)36)19-18-24-8-12-27(13-9-24)26-6-4-3-5-7-26/h3-17,21,32H,2,18-20,22-23H2,1H3,(H,39,40)/t32-/m0/s1. The minimum absolute atomic E-state index is 0.0383. The summed E-state index contributed by atoms with van der Waals surface area (Å²) in [5.41, 5.74) is 4.15. The molecule has 0 aromatic heterocycles. The molecule has 1 amide bonds. The van der Waals surface area contributed by atoms with Gasteiger partial charge in [-0.25, -0.2) is 13.6 Å². The van der Waals surface area contributed by atoms with Crippen molar-refractivity contribution in [3.63, 3.8) is 0 Å². The zero-order valence-electron chi connectivity index (χ0n) is 23.3. The summed E-state index contributed by atoms with van der Waals surface area (Å²) < 4.78 is 38.9. The number of nitrogens with zero attached hydrogens (tertiary/aromatic N) is 1. The molecule has 0 aliphatic rings. The lowest BCUT2D eigenvalue weighted by Gasteiger charge is -2.23. The number of aliphatic carboxylic acids is 1. The average molecular weight is 574 g/mol. The summed E-state index contributed by atoms with van der Waals surface area (Å²) in [6.45, 7) is 2.00. The number of carboxylic acid groups (broad SMARTS) is 1. The van der Waals surface area contributed by atoms with Crippen molar-refractivity contribution in [2.24, 2.45) is 0 Å². The zero-order chi connectivity index (χ0) is 29.9. The minimum atomic E-state index is -1.03. The van der Waals surface area contributed by atoms with Gasteiger partial charge in [0.25, 0.3) is 5.91 Å². The molecule has 6 nitrogen and oxygen atoms in total. The van der Waals surface area contributed by atoms with Crippen LogP contribution in [0.1, 0.15) is 23.6 Å². The number of carbonyl (C=O) groups is 2. The number of amides is 1. The van der Waals surface area contributed by atoms with Crippen LogP contribution in [0.15, 0.2) is 97.1 Å². The Hall–Kier alpha value is -4.56. The SMILES string of the molecule is CCO[C@@H](Cc1ccc(OCC(=O)N(CCc2ccc(-c3ccccc3)cc2)Cc2ccc(F)cc2F)cc1)C(=O)O. The molecule has 0 radical (unpaired) electrons. The number of hydrogen-bond donors (Lipinski definition) is 1. The number of hydrogen-bond acceptors (Lipinski definition) is 4. The predicted molar refractivity (Wildman–Crippen MR) is 156 cm³/mol. The van der Waals surface area contributed by atoms with Gasteiger partial charge in [-0.3, -0.25) is 4.79 Å². The smallest absolute Gasteiger partial charge is 0.333 e. The van der Waals surface area contributed by atoms with Gasteiger partial charge in [0.1, 0.15) is 17.4 Å². The molecule has 0 fully saturated rings. The Bertz CT molecular complexity index is 1460. The molecule has 4 aromatic carbocycles. The summed E-state index contributed by atoms with van der Waals surface area (Å²) in [5.74, 6) is -2.36. The van der Waals surface area contributed by atoms with E-state index in [1.807, 2.05) is 54.6 Å². The predicted octanol–water partition coefficient (Wildman–Crippen LogP) is 6.31. The highest BCUT2D eigenvalue weighted by atomic mass is 19.1. The first-order valence-electron chi connectivity index (χ1n) is 13.7. The topological polar surface area (TPSA) is 76.1 Å². The fraction of sp³-hybridized carbons (Fsp3) is 0.235.